The smallest absolute Gasteiger partial charge is 0.256 e. The van der Waals surface area contributed by atoms with Crippen LogP contribution in [0.1, 0.15) is 21.6 Å². The minimum Gasteiger partial charge on any atom is -0.345 e. The van der Waals surface area contributed by atoms with E-state index in [0.29, 0.717) is 5.56 Å². The highest BCUT2D eigenvalue weighted by molar-refractivity contribution is 6.32. The zero-order valence-corrected chi connectivity index (χ0v) is 9.38. The standard InChI is InChI=1S/C9H12ClN3O/c1-5-6(2)11-12-8(10)7(5)9(14)13(3)4/h1-4H3. The third kappa shape index (κ3) is 1.85. The topological polar surface area (TPSA) is 46.1 Å². The molecule has 0 N–H and O–H groups in total. The number of aryl methyl sites for hydroxylation is 1. The van der Waals surface area contributed by atoms with E-state index in [9.17, 15) is 4.79 Å². The molecule has 14 heavy (non-hydrogen) atoms. The van der Waals surface area contributed by atoms with Gasteiger partial charge >= 0.3 is 0 Å². The van der Waals surface area contributed by atoms with Crippen molar-refractivity contribution < 1.29 is 4.79 Å². The van der Waals surface area contributed by atoms with Crippen molar-refractivity contribution in [2.45, 2.75) is 13.8 Å². The first-order valence-electron chi connectivity index (χ1n) is 4.16. The summed E-state index contributed by atoms with van der Waals surface area (Å²) in [7, 11) is 3.35. The summed E-state index contributed by atoms with van der Waals surface area (Å²) >= 11 is 5.82. The lowest BCUT2D eigenvalue weighted by atomic mass is 10.1. The highest BCUT2D eigenvalue weighted by Gasteiger charge is 2.18. The highest BCUT2D eigenvalue weighted by Crippen LogP contribution is 2.19. The van der Waals surface area contributed by atoms with E-state index in [2.05, 4.69) is 10.2 Å². The molecular formula is C9H12ClN3O. The Morgan fingerprint density at radius 2 is 1.86 bits per heavy atom. The lowest BCUT2D eigenvalue weighted by Gasteiger charge is -2.13. The monoisotopic (exact) mass is 213 g/mol. The van der Waals surface area contributed by atoms with E-state index in [1.54, 1.807) is 21.0 Å². The lowest BCUT2D eigenvalue weighted by Crippen LogP contribution is -2.24. The van der Waals surface area contributed by atoms with Crippen LogP contribution in [0, 0.1) is 13.8 Å². The summed E-state index contributed by atoms with van der Waals surface area (Å²) in [5, 5.41) is 7.70. The summed E-state index contributed by atoms with van der Waals surface area (Å²) in [5.74, 6) is -0.148. The van der Waals surface area contributed by atoms with Crippen LogP contribution < -0.4 is 0 Å². The molecule has 5 heteroatoms. The molecule has 0 radical (unpaired) electrons. The van der Waals surface area contributed by atoms with E-state index in [1.165, 1.54) is 4.90 Å². The maximum atomic E-state index is 11.7. The van der Waals surface area contributed by atoms with Crippen LogP contribution in [0.2, 0.25) is 5.15 Å². The van der Waals surface area contributed by atoms with Crippen molar-refractivity contribution in [3.8, 4) is 0 Å². The summed E-state index contributed by atoms with van der Waals surface area (Å²) in [5.41, 5.74) is 1.94. The second kappa shape index (κ2) is 3.92. The van der Waals surface area contributed by atoms with Gasteiger partial charge in [0.25, 0.3) is 5.91 Å². The maximum Gasteiger partial charge on any atom is 0.256 e. The van der Waals surface area contributed by atoms with E-state index in [1.807, 2.05) is 6.92 Å². The first-order chi connectivity index (χ1) is 6.45. The number of hydrogen-bond acceptors (Lipinski definition) is 3. The number of halogens is 1. The van der Waals surface area contributed by atoms with Crippen LogP contribution >= 0.6 is 11.6 Å². The Kier molecular flexibility index (Phi) is 3.06. The van der Waals surface area contributed by atoms with Crippen molar-refractivity contribution in [1.29, 1.82) is 0 Å². The number of carbonyl (C=O) groups is 1. The van der Waals surface area contributed by atoms with Crippen LogP contribution in [-0.4, -0.2) is 35.1 Å². The van der Waals surface area contributed by atoms with Crippen molar-refractivity contribution in [2.75, 3.05) is 14.1 Å². The summed E-state index contributed by atoms with van der Waals surface area (Å²) in [6.45, 7) is 3.61. The summed E-state index contributed by atoms with van der Waals surface area (Å²) < 4.78 is 0. The maximum absolute atomic E-state index is 11.7. The molecular weight excluding hydrogens is 202 g/mol. The van der Waals surface area contributed by atoms with Gasteiger partial charge in [0.15, 0.2) is 5.15 Å². The normalized spacial score (nSPS) is 10.1. The third-order valence-electron chi connectivity index (χ3n) is 2.03. The largest absolute Gasteiger partial charge is 0.345 e. The highest BCUT2D eigenvalue weighted by atomic mass is 35.5. The van der Waals surface area contributed by atoms with Crippen molar-refractivity contribution in [3.63, 3.8) is 0 Å². The molecule has 1 rings (SSSR count). The SMILES string of the molecule is Cc1nnc(Cl)c(C(=O)N(C)C)c1C. The Morgan fingerprint density at radius 3 is 2.36 bits per heavy atom. The van der Waals surface area contributed by atoms with Crippen LogP contribution in [0.25, 0.3) is 0 Å². The number of amides is 1. The van der Waals surface area contributed by atoms with Crippen LogP contribution in [0.5, 0.6) is 0 Å². The quantitative estimate of drug-likeness (QED) is 0.710. The fraction of sp³-hybridized carbons (Fsp3) is 0.444. The number of nitrogens with zero attached hydrogens (tertiary/aromatic N) is 3. The molecule has 1 amide bonds. The molecule has 4 nitrogen and oxygen atoms in total. The molecule has 0 saturated heterocycles. The van der Waals surface area contributed by atoms with Gasteiger partial charge in [-0.1, -0.05) is 11.6 Å². The summed E-state index contributed by atoms with van der Waals surface area (Å²) in [4.78, 5) is 13.2. The third-order valence-corrected chi connectivity index (χ3v) is 2.30. The zero-order chi connectivity index (χ0) is 10.9. The van der Waals surface area contributed by atoms with Gasteiger partial charge in [-0.05, 0) is 19.4 Å². The second-order valence-electron chi connectivity index (χ2n) is 3.28. The molecule has 0 atom stereocenters. The molecule has 1 aromatic heterocycles. The van der Waals surface area contributed by atoms with Crippen LogP contribution in [0.3, 0.4) is 0 Å². The predicted octanol–water partition coefficient (Wildman–Crippen LogP) is 1.45. The van der Waals surface area contributed by atoms with E-state index in [4.69, 9.17) is 11.6 Å². The van der Waals surface area contributed by atoms with Gasteiger partial charge in [0, 0.05) is 14.1 Å². The average Bonchev–Trinajstić information content (AvgIpc) is 2.12. The molecule has 76 valence electrons. The zero-order valence-electron chi connectivity index (χ0n) is 8.63. The number of aromatic nitrogens is 2. The van der Waals surface area contributed by atoms with Crippen LogP contribution in [0.15, 0.2) is 0 Å². The fourth-order valence-corrected chi connectivity index (χ4v) is 1.31. The summed E-state index contributed by atoms with van der Waals surface area (Å²) in [6, 6.07) is 0. The van der Waals surface area contributed by atoms with Gasteiger partial charge in [0.1, 0.15) is 0 Å². The number of hydrogen-bond donors (Lipinski definition) is 0. The molecule has 0 aliphatic carbocycles. The molecule has 0 bridgehead atoms. The molecule has 0 spiro atoms. The molecule has 0 unspecified atom stereocenters. The van der Waals surface area contributed by atoms with E-state index < -0.39 is 0 Å². The molecule has 0 aliphatic rings. The Morgan fingerprint density at radius 1 is 1.29 bits per heavy atom. The molecule has 0 aliphatic heterocycles. The van der Waals surface area contributed by atoms with Crippen LogP contribution in [-0.2, 0) is 0 Å². The van der Waals surface area contributed by atoms with Gasteiger partial charge in [-0.2, -0.15) is 5.10 Å². The minimum absolute atomic E-state index is 0.148. The molecule has 1 aromatic rings. The Bertz CT molecular complexity index is 377. The molecule has 0 saturated carbocycles. The second-order valence-corrected chi connectivity index (χ2v) is 3.63. The van der Waals surface area contributed by atoms with E-state index in [-0.39, 0.29) is 11.1 Å². The van der Waals surface area contributed by atoms with Crippen molar-refractivity contribution >= 4 is 17.5 Å². The first-order valence-corrected chi connectivity index (χ1v) is 4.54. The van der Waals surface area contributed by atoms with Gasteiger partial charge in [-0.25, -0.2) is 0 Å². The fourth-order valence-electron chi connectivity index (χ4n) is 1.05. The van der Waals surface area contributed by atoms with Gasteiger partial charge in [-0.15, -0.1) is 5.10 Å². The Hall–Kier alpha value is -1.16. The minimum atomic E-state index is -0.148. The van der Waals surface area contributed by atoms with Gasteiger partial charge in [0.2, 0.25) is 0 Å². The van der Waals surface area contributed by atoms with Crippen LogP contribution in [0.4, 0.5) is 0 Å². The molecule has 0 fully saturated rings. The van der Waals surface area contributed by atoms with Gasteiger partial charge < -0.3 is 4.90 Å². The summed E-state index contributed by atoms with van der Waals surface area (Å²) in [6.07, 6.45) is 0. The average molecular weight is 214 g/mol. The van der Waals surface area contributed by atoms with Crippen molar-refractivity contribution in [1.82, 2.24) is 15.1 Å². The molecule has 1 heterocycles. The number of rotatable bonds is 1. The van der Waals surface area contributed by atoms with E-state index >= 15 is 0 Å². The Balaban J connectivity index is 3.33. The Labute approximate surface area is 87.9 Å². The van der Waals surface area contributed by atoms with Gasteiger partial charge in [0.05, 0.1) is 11.3 Å². The van der Waals surface area contributed by atoms with Crippen molar-refractivity contribution in [3.05, 3.63) is 22.0 Å². The lowest BCUT2D eigenvalue weighted by molar-refractivity contribution is 0.0826. The first kappa shape index (κ1) is 10.9. The van der Waals surface area contributed by atoms with Crippen molar-refractivity contribution in [2.24, 2.45) is 0 Å². The van der Waals surface area contributed by atoms with Gasteiger partial charge in [-0.3, -0.25) is 4.79 Å². The molecule has 0 aromatic carbocycles. The number of carbonyl (C=O) groups excluding carboxylic acids is 1. The van der Waals surface area contributed by atoms with E-state index in [0.717, 1.165) is 11.3 Å². The predicted molar refractivity (Wildman–Crippen MR) is 54.5 cm³/mol.